The lowest BCUT2D eigenvalue weighted by molar-refractivity contribution is 0.209. The number of aliphatic hydroxyl groups is 1. The fourth-order valence-electron chi connectivity index (χ4n) is 2.51. The minimum absolute atomic E-state index is 0.168. The molecular formula is C14H24N2OS. The standard InChI is InChI=1S/C14H24N2OS/c1-10(2)13(8-17)15-7-12-9-18-14(16-12)11-5-3-4-6-11/h9-11,13,15,17H,3-8H2,1-2H3/t13-/m1/s1. The molecule has 2 rings (SSSR count). The van der Waals surface area contributed by atoms with Crippen LogP contribution < -0.4 is 5.32 Å². The summed E-state index contributed by atoms with van der Waals surface area (Å²) in [7, 11) is 0. The van der Waals surface area contributed by atoms with Crippen LogP contribution in [0.3, 0.4) is 0 Å². The Kier molecular flexibility index (Phi) is 5.15. The highest BCUT2D eigenvalue weighted by Gasteiger charge is 2.20. The summed E-state index contributed by atoms with van der Waals surface area (Å²) in [5, 5.41) is 16.1. The van der Waals surface area contributed by atoms with Crippen LogP contribution in [0, 0.1) is 5.92 Å². The van der Waals surface area contributed by atoms with E-state index in [1.54, 1.807) is 11.3 Å². The first-order valence-electron chi connectivity index (χ1n) is 6.99. The van der Waals surface area contributed by atoms with Crippen molar-refractivity contribution in [1.82, 2.24) is 10.3 Å². The van der Waals surface area contributed by atoms with Gasteiger partial charge in [0, 0.05) is 23.9 Å². The molecule has 0 aromatic carbocycles. The van der Waals surface area contributed by atoms with Gasteiger partial charge < -0.3 is 10.4 Å². The second kappa shape index (κ2) is 6.64. The molecular weight excluding hydrogens is 244 g/mol. The zero-order valence-electron chi connectivity index (χ0n) is 11.4. The molecule has 1 aliphatic carbocycles. The number of aliphatic hydroxyl groups excluding tert-OH is 1. The number of aromatic nitrogens is 1. The van der Waals surface area contributed by atoms with Crippen LogP contribution in [-0.4, -0.2) is 22.7 Å². The molecule has 0 aliphatic heterocycles. The SMILES string of the molecule is CC(C)[C@@H](CO)NCc1csc(C2CCCC2)n1. The molecule has 0 amide bonds. The van der Waals surface area contributed by atoms with E-state index in [4.69, 9.17) is 4.98 Å². The summed E-state index contributed by atoms with van der Waals surface area (Å²) in [6, 6.07) is 0.168. The molecule has 0 spiro atoms. The second-order valence-corrected chi connectivity index (χ2v) is 6.46. The van der Waals surface area contributed by atoms with Gasteiger partial charge in [0.25, 0.3) is 0 Å². The molecule has 102 valence electrons. The van der Waals surface area contributed by atoms with Crippen molar-refractivity contribution in [2.75, 3.05) is 6.61 Å². The molecule has 0 radical (unpaired) electrons. The van der Waals surface area contributed by atoms with Gasteiger partial charge in [0.1, 0.15) is 0 Å². The highest BCUT2D eigenvalue weighted by Crippen LogP contribution is 2.35. The van der Waals surface area contributed by atoms with Crippen LogP contribution in [0.4, 0.5) is 0 Å². The van der Waals surface area contributed by atoms with Gasteiger partial charge >= 0.3 is 0 Å². The molecule has 1 saturated carbocycles. The molecule has 0 saturated heterocycles. The van der Waals surface area contributed by atoms with Gasteiger partial charge in [0.05, 0.1) is 17.3 Å². The highest BCUT2D eigenvalue weighted by molar-refractivity contribution is 7.09. The smallest absolute Gasteiger partial charge is 0.0959 e. The third-order valence-corrected chi connectivity index (χ3v) is 4.88. The first kappa shape index (κ1) is 14.0. The number of hydrogen-bond donors (Lipinski definition) is 2. The van der Waals surface area contributed by atoms with Gasteiger partial charge in [0.2, 0.25) is 0 Å². The van der Waals surface area contributed by atoms with Crippen LogP contribution in [0.1, 0.15) is 56.2 Å². The van der Waals surface area contributed by atoms with Gasteiger partial charge in [-0.3, -0.25) is 0 Å². The summed E-state index contributed by atoms with van der Waals surface area (Å²) in [4.78, 5) is 4.73. The van der Waals surface area contributed by atoms with Crippen LogP contribution in [0.5, 0.6) is 0 Å². The Balaban J connectivity index is 1.86. The van der Waals surface area contributed by atoms with E-state index in [1.807, 2.05) is 0 Å². The molecule has 1 heterocycles. The number of nitrogens with zero attached hydrogens (tertiary/aromatic N) is 1. The van der Waals surface area contributed by atoms with Crippen molar-refractivity contribution in [3.8, 4) is 0 Å². The molecule has 1 aromatic heterocycles. The van der Waals surface area contributed by atoms with Crippen molar-refractivity contribution in [3.63, 3.8) is 0 Å². The lowest BCUT2D eigenvalue weighted by Crippen LogP contribution is -2.36. The molecule has 1 aliphatic rings. The Hall–Kier alpha value is -0.450. The maximum atomic E-state index is 9.27. The van der Waals surface area contributed by atoms with Crippen LogP contribution in [-0.2, 0) is 6.54 Å². The van der Waals surface area contributed by atoms with Crippen molar-refractivity contribution in [3.05, 3.63) is 16.1 Å². The minimum Gasteiger partial charge on any atom is -0.395 e. The number of thiazole rings is 1. The van der Waals surface area contributed by atoms with Gasteiger partial charge in [-0.2, -0.15) is 0 Å². The van der Waals surface area contributed by atoms with E-state index in [2.05, 4.69) is 24.5 Å². The van der Waals surface area contributed by atoms with E-state index in [0.29, 0.717) is 11.8 Å². The lowest BCUT2D eigenvalue weighted by Gasteiger charge is -2.19. The van der Waals surface area contributed by atoms with Crippen LogP contribution in [0.25, 0.3) is 0 Å². The summed E-state index contributed by atoms with van der Waals surface area (Å²) in [5.41, 5.74) is 1.13. The molecule has 4 heteroatoms. The quantitative estimate of drug-likeness (QED) is 0.834. The van der Waals surface area contributed by atoms with E-state index in [1.165, 1.54) is 30.7 Å². The molecule has 3 nitrogen and oxygen atoms in total. The lowest BCUT2D eigenvalue weighted by atomic mass is 10.1. The van der Waals surface area contributed by atoms with Gasteiger partial charge in [-0.05, 0) is 18.8 Å². The highest BCUT2D eigenvalue weighted by atomic mass is 32.1. The average Bonchev–Trinajstić information content (AvgIpc) is 2.99. The molecule has 2 N–H and O–H groups in total. The summed E-state index contributed by atoms with van der Waals surface area (Å²) >= 11 is 1.80. The number of hydrogen-bond acceptors (Lipinski definition) is 4. The average molecular weight is 268 g/mol. The van der Waals surface area contributed by atoms with Crippen molar-refractivity contribution in [2.24, 2.45) is 5.92 Å². The monoisotopic (exact) mass is 268 g/mol. The fraction of sp³-hybridized carbons (Fsp3) is 0.786. The van der Waals surface area contributed by atoms with Gasteiger partial charge in [-0.1, -0.05) is 26.7 Å². The zero-order valence-corrected chi connectivity index (χ0v) is 12.2. The Labute approximate surface area is 114 Å². The van der Waals surface area contributed by atoms with E-state index in [9.17, 15) is 5.11 Å². The van der Waals surface area contributed by atoms with Gasteiger partial charge in [0.15, 0.2) is 0 Å². The van der Waals surface area contributed by atoms with Crippen molar-refractivity contribution in [1.29, 1.82) is 0 Å². The predicted octanol–water partition coefficient (Wildman–Crippen LogP) is 2.91. The van der Waals surface area contributed by atoms with Crippen LogP contribution in [0.15, 0.2) is 5.38 Å². The van der Waals surface area contributed by atoms with Crippen molar-refractivity contribution < 1.29 is 5.11 Å². The van der Waals surface area contributed by atoms with E-state index >= 15 is 0 Å². The Morgan fingerprint density at radius 2 is 2.17 bits per heavy atom. The largest absolute Gasteiger partial charge is 0.395 e. The molecule has 1 atom stereocenters. The maximum Gasteiger partial charge on any atom is 0.0959 e. The van der Waals surface area contributed by atoms with E-state index in [-0.39, 0.29) is 12.6 Å². The van der Waals surface area contributed by atoms with E-state index in [0.717, 1.165) is 12.2 Å². The third-order valence-electron chi connectivity index (χ3n) is 3.82. The summed E-state index contributed by atoms with van der Waals surface area (Å²) < 4.78 is 0. The Bertz CT molecular complexity index is 358. The molecule has 0 bridgehead atoms. The zero-order chi connectivity index (χ0) is 13.0. The maximum absolute atomic E-state index is 9.27. The predicted molar refractivity (Wildman–Crippen MR) is 75.9 cm³/mol. The molecule has 1 fully saturated rings. The van der Waals surface area contributed by atoms with Gasteiger partial charge in [-0.25, -0.2) is 4.98 Å². The molecule has 0 unspecified atom stereocenters. The second-order valence-electron chi connectivity index (χ2n) is 5.57. The van der Waals surface area contributed by atoms with Crippen molar-refractivity contribution in [2.45, 2.75) is 58.0 Å². The Morgan fingerprint density at radius 3 is 2.78 bits per heavy atom. The number of nitrogens with one attached hydrogen (secondary N) is 1. The van der Waals surface area contributed by atoms with Gasteiger partial charge in [-0.15, -0.1) is 11.3 Å². The fourth-order valence-corrected chi connectivity index (χ4v) is 3.50. The molecule has 1 aromatic rings. The summed E-state index contributed by atoms with van der Waals surface area (Å²) in [6.45, 7) is 5.21. The first-order chi connectivity index (χ1) is 8.70. The normalized spacial score (nSPS) is 18.7. The number of rotatable bonds is 6. The first-order valence-corrected chi connectivity index (χ1v) is 7.87. The third kappa shape index (κ3) is 3.53. The Morgan fingerprint density at radius 1 is 1.44 bits per heavy atom. The summed E-state index contributed by atoms with van der Waals surface area (Å²) in [5.74, 6) is 1.16. The van der Waals surface area contributed by atoms with Crippen LogP contribution in [0.2, 0.25) is 0 Å². The topological polar surface area (TPSA) is 45.1 Å². The molecule has 18 heavy (non-hydrogen) atoms. The summed E-state index contributed by atoms with van der Waals surface area (Å²) in [6.07, 6.45) is 5.34. The van der Waals surface area contributed by atoms with Crippen LogP contribution >= 0.6 is 11.3 Å². The minimum atomic E-state index is 0.168. The van der Waals surface area contributed by atoms with Crippen molar-refractivity contribution >= 4 is 11.3 Å². The van der Waals surface area contributed by atoms with E-state index < -0.39 is 0 Å².